The van der Waals surface area contributed by atoms with Crippen LogP contribution in [0.1, 0.15) is 31.4 Å². The Bertz CT molecular complexity index is 1530. The average molecular weight is 510 g/mol. The summed E-state index contributed by atoms with van der Waals surface area (Å²) in [5.74, 6) is -0.379. The van der Waals surface area contributed by atoms with Gasteiger partial charge in [-0.1, -0.05) is 66.7 Å². The van der Waals surface area contributed by atoms with Gasteiger partial charge in [-0.3, -0.25) is 9.59 Å². The summed E-state index contributed by atoms with van der Waals surface area (Å²) in [6.45, 7) is 2.19. The zero-order valence-electron chi connectivity index (χ0n) is 20.7. The Morgan fingerprint density at radius 2 is 1.70 bits per heavy atom. The number of likely N-dealkylation sites (N-methyl/N-ethyl adjacent to an activating group) is 1. The van der Waals surface area contributed by atoms with Gasteiger partial charge < -0.3 is 14.6 Å². The maximum absolute atomic E-state index is 13.8. The van der Waals surface area contributed by atoms with Crippen molar-refractivity contribution in [3.63, 3.8) is 0 Å². The normalized spacial score (nSPS) is 11.8. The van der Waals surface area contributed by atoms with Crippen LogP contribution in [0.4, 0.5) is 0 Å². The molecule has 5 rings (SSSR count). The minimum Gasteiger partial charge on any atom is -0.464 e. The number of aromatic nitrogens is 1. The monoisotopic (exact) mass is 509 g/mol. The van der Waals surface area contributed by atoms with Crippen LogP contribution in [0.3, 0.4) is 0 Å². The Morgan fingerprint density at radius 1 is 0.973 bits per heavy atom. The predicted molar refractivity (Wildman–Crippen MR) is 147 cm³/mol. The van der Waals surface area contributed by atoms with E-state index in [-0.39, 0.29) is 24.4 Å². The van der Waals surface area contributed by atoms with Gasteiger partial charge in [-0.15, -0.1) is 11.3 Å². The molecule has 0 spiro atoms. The van der Waals surface area contributed by atoms with Crippen LogP contribution in [0.25, 0.3) is 21.4 Å². The molecule has 7 heteroatoms. The molecule has 0 saturated heterocycles. The van der Waals surface area contributed by atoms with Crippen LogP contribution in [0, 0.1) is 6.92 Å². The molecule has 2 heterocycles. The Labute approximate surface area is 219 Å². The summed E-state index contributed by atoms with van der Waals surface area (Å²) in [5.41, 5.74) is 3.68. The third kappa shape index (κ3) is 5.32. The molecule has 1 unspecified atom stereocenters. The van der Waals surface area contributed by atoms with Crippen LogP contribution in [-0.2, 0) is 6.42 Å². The molecule has 0 aliphatic carbocycles. The highest BCUT2D eigenvalue weighted by atomic mass is 32.1. The molecular formula is C30H27N3O3S. The number of furan rings is 1. The average Bonchev–Trinajstić information content (AvgIpc) is 3.57. The Kier molecular flexibility index (Phi) is 7.14. The highest BCUT2D eigenvalue weighted by Gasteiger charge is 2.27. The summed E-state index contributed by atoms with van der Waals surface area (Å²) < 4.78 is 5.44. The molecule has 0 fully saturated rings. The van der Waals surface area contributed by atoms with Gasteiger partial charge in [0.05, 0.1) is 27.8 Å². The largest absolute Gasteiger partial charge is 0.464 e. The molecule has 5 aromatic rings. The van der Waals surface area contributed by atoms with Crippen LogP contribution in [0.2, 0.25) is 0 Å². The first-order valence-corrected chi connectivity index (χ1v) is 12.9. The number of carbonyl (C=O) groups is 2. The number of benzene rings is 3. The lowest BCUT2D eigenvalue weighted by Crippen LogP contribution is -2.46. The molecule has 0 radical (unpaired) electrons. The fourth-order valence-corrected chi connectivity index (χ4v) is 5.34. The summed E-state index contributed by atoms with van der Waals surface area (Å²) in [6, 6.07) is 26.7. The van der Waals surface area contributed by atoms with Crippen molar-refractivity contribution in [3.8, 4) is 10.4 Å². The molecule has 6 nitrogen and oxygen atoms in total. The molecular weight excluding hydrogens is 482 g/mol. The highest BCUT2D eigenvalue weighted by Crippen LogP contribution is 2.31. The highest BCUT2D eigenvalue weighted by molar-refractivity contribution is 7.15. The van der Waals surface area contributed by atoms with Gasteiger partial charge in [0, 0.05) is 19.0 Å². The Balaban J connectivity index is 1.40. The lowest BCUT2D eigenvalue weighted by molar-refractivity contribution is 0.0713. The number of nitrogens with one attached hydrogen (secondary N) is 1. The number of hydrogen-bond donors (Lipinski definition) is 1. The first kappa shape index (κ1) is 24.5. The summed E-state index contributed by atoms with van der Waals surface area (Å²) in [7, 11) is 1.78. The zero-order chi connectivity index (χ0) is 25.8. The third-order valence-corrected chi connectivity index (χ3v) is 7.41. The first-order chi connectivity index (χ1) is 18.0. The van der Waals surface area contributed by atoms with Gasteiger partial charge >= 0.3 is 0 Å². The Hall–Kier alpha value is -4.23. The molecule has 2 aromatic heterocycles. The minimum absolute atomic E-state index is 0.171. The molecule has 1 N–H and O–H groups in total. The van der Waals surface area contributed by atoms with Gasteiger partial charge in [-0.2, -0.15) is 0 Å². The number of amides is 2. The summed E-state index contributed by atoms with van der Waals surface area (Å²) in [4.78, 5) is 34.1. The van der Waals surface area contributed by atoms with E-state index in [0.29, 0.717) is 23.3 Å². The van der Waals surface area contributed by atoms with Gasteiger partial charge in [0.15, 0.2) is 0 Å². The minimum atomic E-state index is -0.284. The van der Waals surface area contributed by atoms with Crippen LogP contribution >= 0.6 is 11.3 Å². The maximum Gasteiger partial charge on any atom is 0.274 e. The molecule has 1 atom stereocenters. The standard InChI is InChI=1S/C30H27N3O3S/c1-20-32-27(28(37-20)22-12-7-4-8-13-22)30(35)33(2)23(18-21-10-5-3-6-11-21)19-31-29(34)25-14-9-15-26-24(25)16-17-36-26/h3-17,23H,18-19H2,1-2H3,(H,31,34). The van der Waals surface area contributed by atoms with Crippen LogP contribution in [0.15, 0.2) is 95.6 Å². The predicted octanol–water partition coefficient (Wildman–Crippen LogP) is 5.98. The Morgan fingerprint density at radius 3 is 2.46 bits per heavy atom. The van der Waals surface area contributed by atoms with Crippen molar-refractivity contribution in [3.05, 3.63) is 113 Å². The lowest BCUT2D eigenvalue weighted by atomic mass is 10.0. The van der Waals surface area contributed by atoms with E-state index in [1.54, 1.807) is 36.4 Å². The molecule has 0 bridgehead atoms. The van der Waals surface area contributed by atoms with Crippen LogP contribution < -0.4 is 5.32 Å². The second kappa shape index (κ2) is 10.8. The van der Waals surface area contributed by atoms with E-state index >= 15 is 0 Å². The number of aryl methyl sites for hydroxylation is 1. The molecule has 37 heavy (non-hydrogen) atoms. The van der Waals surface area contributed by atoms with E-state index in [1.807, 2.05) is 73.7 Å². The van der Waals surface area contributed by atoms with Crippen molar-refractivity contribution in [2.45, 2.75) is 19.4 Å². The molecule has 186 valence electrons. The summed E-state index contributed by atoms with van der Waals surface area (Å²) in [5, 5.41) is 4.64. The molecule has 0 saturated carbocycles. The molecule has 3 aromatic carbocycles. The van der Waals surface area contributed by atoms with Crippen molar-refractivity contribution in [2.75, 3.05) is 13.6 Å². The second-order valence-electron chi connectivity index (χ2n) is 8.88. The van der Waals surface area contributed by atoms with Crippen molar-refractivity contribution >= 4 is 34.1 Å². The van der Waals surface area contributed by atoms with E-state index < -0.39 is 0 Å². The fourth-order valence-electron chi connectivity index (χ4n) is 4.42. The summed E-state index contributed by atoms with van der Waals surface area (Å²) in [6.07, 6.45) is 2.16. The van der Waals surface area contributed by atoms with Crippen molar-refractivity contribution in [1.29, 1.82) is 0 Å². The quantitative estimate of drug-likeness (QED) is 0.279. The van der Waals surface area contributed by atoms with Crippen LogP contribution in [-0.4, -0.2) is 41.3 Å². The van der Waals surface area contributed by atoms with E-state index in [4.69, 9.17) is 4.42 Å². The topological polar surface area (TPSA) is 75.4 Å². The molecule has 2 amide bonds. The summed E-state index contributed by atoms with van der Waals surface area (Å²) >= 11 is 1.51. The van der Waals surface area contributed by atoms with Gasteiger partial charge in [0.2, 0.25) is 0 Å². The van der Waals surface area contributed by atoms with Crippen molar-refractivity contribution in [1.82, 2.24) is 15.2 Å². The number of hydrogen-bond acceptors (Lipinski definition) is 5. The smallest absolute Gasteiger partial charge is 0.274 e. The SMILES string of the molecule is Cc1nc(C(=O)N(C)C(CNC(=O)c2cccc3occc23)Cc2ccccc2)c(-c2ccccc2)s1. The van der Waals surface area contributed by atoms with Gasteiger partial charge in [0.25, 0.3) is 11.8 Å². The van der Waals surface area contributed by atoms with Crippen molar-refractivity contribution in [2.24, 2.45) is 0 Å². The number of nitrogens with zero attached hydrogens (tertiary/aromatic N) is 2. The van der Waals surface area contributed by atoms with Gasteiger partial charge in [-0.25, -0.2) is 4.98 Å². The zero-order valence-corrected chi connectivity index (χ0v) is 21.5. The first-order valence-electron chi connectivity index (χ1n) is 12.1. The van der Waals surface area contributed by atoms with E-state index in [2.05, 4.69) is 10.3 Å². The fraction of sp³-hybridized carbons (Fsp3) is 0.167. The lowest BCUT2D eigenvalue weighted by Gasteiger charge is -2.28. The van der Waals surface area contributed by atoms with Crippen LogP contribution in [0.5, 0.6) is 0 Å². The number of rotatable bonds is 8. The van der Waals surface area contributed by atoms with E-state index in [9.17, 15) is 9.59 Å². The number of carbonyl (C=O) groups excluding carboxylic acids is 2. The maximum atomic E-state index is 13.8. The second-order valence-corrected chi connectivity index (χ2v) is 10.1. The van der Waals surface area contributed by atoms with E-state index in [0.717, 1.165) is 26.4 Å². The van der Waals surface area contributed by atoms with E-state index in [1.165, 1.54) is 11.3 Å². The van der Waals surface area contributed by atoms with Gasteiger partial charge in [-0.05, 0) is 42.7 Å². The molecule has 0 aliphatic heterocycles. The van der Waals surface area contributed by atoms with Gasteiger partial charge in [0.1, 0.15) is 11.3 Å². The number of fused-ring (bicyclic) bond motifs is 1. The number of thiazole rings is 1. The molecule has 0 aliphatic rings. The van der Waals surface area contributed by atoms with Crippen molar-refractivity contribution < 1.29 is 14.0 Å². The third-order valence-electron chi connectivity index (χ3n) is 6.39.